The number of rotatable bonds is 5. The number of hydrogen-bond donors (Lipinski definition) is 1. The average molecular weight is 485 g/mol. The second kappa shape index (κ2) is 8.84. The minimum absolute atomic E-state index is 0.128. The molecule has 5 heterocycles. The van der Waals surface area contributed by atoms with Gasteiger partial charge < -0.3 is 9.88 Å². The second-order valence-electron chi connectivity index (χ2n) is 9.60. The molecule has 6 rings (SSSR count). The molecule has 2 aliphatic heterocycles. The third kappa shape index (κ3) is 3.72. The minimum atomic E-state index is -0.480. The molecule has 0 saturated carbocycles. The largest absolute Gasteiger partial charge is 0.346 e. The number of fused-ring (bicyclic) bond motifs is 1. The fraction of sp³-hybridized carbons (Fsp3) is 0.346. The SMILES string of the molecule is N#CCC1(n2cc(-c3ncnc4[nH]ccc34)cn2)CN(C2CCN(C(=O)c3ccccc3F)CC2)C1. The lowest BCUT2D eigenvalue weighted by Crippen LogP contribution is -2.66. The van der Waals surface area contributed by atoms with Crippen molar-refractivity contribution in [3.05, 3.63) is 66.6 Å². The van der Waals surface area contributed by atoms with Crippen molar-refractivity contribution in [2.75, 3.05) is 26.2 Å². The van der Waals surface area contributed by atoms with E-state index in [1.165, 1.54) is 18.5 Å². The van der Waals surface area contributed by atoms with Gasteiger partial charge in [0, 0.05) is 55.6 Å². The number of likely N-dealkylation sites (tertiary alicyclic amines) is 2. The number of H-pyrrole nitrogens is 1. The summed E-state index contributed by atoms with van der Waals surface area (Å²) >= 11 is 0. The van der Waals surface area contributed by atoms with Crippen LogP contribution in [0.2, 0.25) is 0 Å². The highest BCUT2D eigenvalue weighted by Crippen LogP contribution is 2.37. The Bertz CT molecular complexity index is 1460. The molecule has 0 radical (unpaired) electrons. The van der Waals surface area contributed by atoms with Gasteiger partial charge in [-0.15, -0.1) is 0 Å². The molecule has 0 aliphatic carbocycles. The van der Waals surface area contributed by atoms with E-state index >= 15 is 0 Å². The highest BCUT2D eigenvalue weighted by atomic mass is 19.1. The van der Waals surface area contributed by atoms with Crippen LogP contribution in [-0.4, -0.2) is 72.7 Å². The van der Waals surface area contributed by atoms with E-state index in [0.717, 1.165) is 48.2 Å². The first kappa shape index (κ1) is 22.4. The molecule has 1 N–H and O–H groups in total. The van der Waals surface area contributed by atoms with Crippen molar-refractivity contribution < 1.29 is 9.18 Å². The molecule has 2 saturated heterocycles. The van der Waals surface area contributed by atoms with Gasteiger partial charge in [0.1, 0.15) is 23.3 Å². The number of aromatic nitrogens is 5. The summed E-state index contributed by atoms with van der Waals surface area (Å²) in [5, 5.41) is 15.1. The zero-order valence-corrected chi connectivity index (χ0v) is 19.6. The van der Waals surface area contributed by atoms with E-state index in [1.54, 1.807) is 23.2 Å². The number of nitrogens with one attached hydrogen (secondary N) is 1. The first-order valence-electron chi connectivity index (χ1n) is 12.1. The Morgan fingerprint density at radius 2 is 2.00 bits per heavy atom. The minimum Gasteiger partial charge on any atom is -0.346 e. The van der Waals surface area contributed by atoms with Gasteiger partial charge in [0.15, 0.2) is 0 Å². The van der Waals surface area contributed by atoms with Crippen LogP contribution in [0.3, 0.4) is 0 Å². The van der Waals surface area contributed by atoms with Crippen LogP contribution in [0.25, 0.3) is 22.3 Å². The first-order chi connectivity index (χ1) is 17.6. The number of nitrogens with zero attached hydrogens (tertiary/aromatic N) is 7. The molecule has 1 aromatic carbocycles. The fourth-order valence-corrected chi connectivity index (χ4v) is 5.50. The van der Waals surface area contributed by atoms with Gasteiger partial charge in [-0.3, -0.25) is 14.4 Å². The number of aromatic amines is 1. The standard InChI is InChI=1S/C26H25FN8O/c27-22-4-2-1-3-20(22)25(36)33-11-6-19(7-12-33)34-15-26(16-34,8-9-28)35-14-18(13-32-35)23-21-5-10-29-24(21)31-17-30-23/h1-5,10,13-14,17,19H,6-8,11-12,15-16H2,(H,29,30,31). The Hall–Kier alpha value is -4.10. The van der Waals surface area contributed by atoms with Gasteiger partial charge in [0.2, 0.25) is 0 Å². The maximum absolute atomic E-state index is 14.1. The fourth-order valence-electron chi connectivity index (χ4n) is 5.50. The summed E-state index contributed by atoms with van der Waals surface area (Å²) in [5.41, 5.74) is 2.20. The molecule has 2 fully saturated rings. The molecule has 0 atom stereocenters. The second-order valence-corrected chi connectivity index (χ2v) is 9.60. The lowest BCUT2D eigenvalue weighted by molar-refractivity contribution is -0.0412. The zero-order valence-electron chi connectivity index (χ0n) is 19.6. The molecule has 182 valence electrons. The van der Waals surface area contributed by atoms with Crippen molar-refractivity contribution in [2.24, 2.45) is 0 Å². The third-order valence-corrected chi connectivity index (χ3v) is 7.47. The molecule has 9 nitrogen and oxygen atoms in total. The zero-order chi connectivity index (χ0) is 24.7. The van der Waals surface area contributed by atoms with Crippen LogP contribution in [0, 0.1) is 17.1 Å². The van der Waals surface area contributed by atoms with Gasteiger partial charge >= 0.3 is 0 Å². The van der Waals surface area contributed by atoms with Gasteiger partial charge in [-0.1, -0.05) is 12.1 Å². The Morgan fingerprint density at radius 1 is 1.19 bits per heavy atom. The van der Waals surface area contributed by atoms with Crippen LogP contribution < -0.4 is 0 Å². The Labute approximate surface area is 207 Å². The van der Waals surface area contributed by atoms with Crippen LogP contribution in [-0.2, 0) is 5.54 Å². The summed E-state index contributed by atoms with van der Waals surface area (Å²) in [6, 6.07) is 10.7. The normalized spacial score (nSPS) is 18.2. The van der Waals surface area contributed by atoms with Crippen LogP contribution in [0.5, 0.6) is 0 Å². The third-order valence-electron chi connectivity index (χ3n) is 7.47. The topological polar surface area (TPSA) is 107 Å². The van der Waals surface area contributed by atoms with Crippen LogP contribution in [0.4, 0.5) is 4.39 Å². The van der Waals surface area contributed by atoms with Gasteiger partial charge in [-0.25, -0.2) is 14.4 Å². The summed E-state index contributed by atoms with van der Waals surface area (Å²) < 4.78 is 16.0. The summed E-state index contributed by atoms with van der Waals surface area (Å²) in [6.07, 6.45) is 9.13. The number of carbonyl (C=O) groups is 1. The Morgan fingerprint density at radius 3 is 2.78 bits per heavy atom. The maximum atomic E-state index is 14.1. The quantitative estimate of drug-likeness (QED) is 0.466. The molecular weight excluding hydrogens is 459 g/mol. The number of halogens is 1. The number of amides is 1. The van der Waals surface area contributed by atoms with E-state index in [0.29, 0.717) is 25.6 Å². The maximum Gasteiger partial charge on any atom is 0.256 e. The highest BCUT2D eigenvalue weighted by Gasteiger charge is 2.48. The van der Waals surface area contributed by atoms with Gasteiger partial charge in [-0.05, 0) is 31.0 Å². The van der Waals surface area contributed by atoms with Crippen molar-refractivity contribution in [2.45, 2.75) is 30.8 Å². The predicted octanol–water partition coefficient (Wildman–Crippen LogP) is 3.19. The Kier molecular flexibility index (Phi) is 5.49. The van der Waals surface area contributed by atoms with E-state index in [4.69, 9.17) is 0 Å². The number of benzene rings is 1. The number of carbonyl (C=O) groups excluding carboxylic acids is 1. The summed E-state index contributed by atoms with van der Waals surface area (Å²) in [5.74, 6) is -0.731. The molecule has 1 amide bonds. The summed E-state index contributed by atoms with van der Waals surface area (Å²) in [4.78, 5) is 28.7. The molecule has 0 spiro atoms. The lowest BCUT2D eigenvalue weighted by atomic mass is 9.83. The predicted molar refractivity (Wildman–Crippen MR) is 130 cm³/mol. The molecule has 4 aromatic rings. The van der Waals surface area contributed by atoms with Crippen LogP contribution in [0.15, 0.2) is 55.2 Å². The highest BCUT2D eigenvalue weighted by molar-refractivity contribution is 5.94. The first-order valence-corrected chi connectivity index (χ1v) is 12.1. The molecule has 10 heteroatoms. The van der Waals surface area contributed by atoms with E-state index in [9.17, 15) is 14.4 Å². The lowest BCUT2D eigenvalue weighted by Gasteiger charge is -2.53. The van der Waals surface area contributed by atoms with Crippen molar-refractivity contribution in [1.29, 1.82) is 5.26 Å². The van der Waals surface area contributed by atoms with Gasteiger partial charge in [0.05, 0.1) is 29.9 Å². The smallest absolute Gasteiger partial charge is 0.256 e. The van der Waals surface area contributed by atoms with Crippen molar-refractivity contribution in [3.8, 4) is 17.3 Å². The van der Waals surface area contributed by atoms with Gasteiger partial charge in [-0.2, -0.15) is 10.4 Å². The summed E-state index contributed by atoms with van der Waals surface area (Å²) in [6.45, 7) is 2.62. The van der Waals surface area contributed by atoms with Crippen LogP contribution >= 0.6 is 0 Å². The van der Waals surface area contributed by atoms with Crippen molar-refractivity contribution in [1.82, 2.24) is 34.5 Å². The monoisotopic (exact) mass is 484 g/mol. The van der Waals surface area contributed by atoms with E-state index in [2.05, 4.69) is 31.0 Å². The van der Waals surface area contributed by atoms with E-state index < -0.39 is 11.4 Å². The number of nitriles is 1. The number of hydrogen-bond acceptors (Lipinski definition) is 6. The van der Waals surface area contributed by atoms with Gasteiger partial charge in [0.25, 0.3) is 5.91 Å². The average Bonchev–Trinajstić information content (AvgIpc) is 3.56. The van der Waals surface area contributed by atoms with Crippen molar-refractivity contribution >= 4 is 16.9 Å². The number of piperidine rings is 1. The molecule has 2 aliphatic rings. The molecule has 36 heavy (non-hydrogen) atoms. The van der Waals surface area contributed by atoms with Crippen LogP contribution in [0.1, 0.15) is 29.6 Å². The van der Waals surface area contributed by atoms with E-state index in [-0.39, 0.29) is 11.5 Å². The van der Waals surface area contributed by atoms with Crippen molar-refractivity contribution in [3.63, 3.8) is 0 Å². The summed E-state index contributed by atoms with van der Waals surface area (Å²) in [7, 11) is 0. The molecular formula is C26H25FN8O. The molecule has 0 bridgehead atoms. The molecule has 3 aromatic heterocycles. The van der Waals surface area contributed by atoms with E-state index in [1.807, 2.05) is 23.1 Å². The molecule has 0 unspecified atom stereocenters. The Balaban J connectivity index is 1.13.